The van der Waals surface area contributed by atoms with Crippen molar-refractivity contribution >= 4 is 11.7 Å². The van der Waals surface area contributed by atoms with Gasteiger partial charge < -0.3 is 20.4 Å². The Bertz CT molecular complexity index is 547. The van der Waals surface area contributed by atoms with E-state index in [2.05, 4.69) is 5.16 Å². The summed E-state index contributed by atoms with van der Waals surface area (Å²) in [5.41, 5.74) is 4.63. The molecule has 7 heteroatoms. The molecule has 0 aromatic heterocycles. The summed E-state index contributed by atoms with van der Waals surface area (Å²) in [4.78, 5) is 16.1. The highest BCUT2D eigenvalue weighted by atomic mass is 19.1. The number of rotatable bonds is 4. The van der Waals surface area contributed by atoms with Gasteiger partial charge in [0.15, 0.2) is 11.6 Å². The van der Waals surface area contributed by atoms with Crippen molar-refractivity contribution in [2.24, 2.45) is 10.9 Å². The lowest BCUT2D eigenvalue weighted by Crippen LogP contribution is -2.45. The maximum absolute atomic E-state index is 13.6. The highest BCUT2D eigenvalue weighted by Crippen LogP contribution is 2.28. The zero-order valence-corrected chi connectivity index (χ0v) is 10.2. The number of halogens is 1. The van der Waals surface area contributed by atoms with Gasteiger partial charge in [0.05, 0.1) is 12.8 Å². The summed E-state index contributed by atoms with van der Waals surface area (Å²) in [6, 6.07) is 4.24. The normalized spacial score (nSPS) is 21.7. The van der Waals surface area contributed by atoms with Crippen molar-refractivity contribution in [1.29, 1.82) is 0 Å². The molecule has 1 atom stereocenters. The molecule has 0 saturated heterocycles. The van der Waals surface area contributed by atoms with E-state index in [0.29, 0.717) is 11.3 Å². The van der Waals surface area contributed by atoms with Crippen molar-refractivity contribution in [1.82, 2.24) is 0 Å². The van der Waals surface area contributed by atoms with E-state index in [9.17, 15) is 9.18 Å². The van der Waals surface area contributed by atoms with E-state index in [1.165, 1.54) is 19.2 Å². The van der Waals surface area contributed by atoms with Gasteiger partial charge in [-0.3, -0.25) is 0 Å². The summed E-state index contributed by atoms with van der Waals surface area (Å²) in [6.07, 6.45) is -0.00932. The summed E-state index contributed by atoms with van der Waals surface area (Å²) in [7, 11) is 1.36. The second-order valence-electron chi connectivity index (χ2n) is 4.16. The Balaban J connectivity index is 2.26. The number of ether oxygens (including phenoxy) is 1. The van der Waals surface area contributed by atoms with Crippen LogP contribution < -0.4 is 10.5 Å². The Hall–Kier alpha value is -2.15. The van der Waals surface area contributed by atoms with Crippen molar-refractivity contribution < 1.29 is 23.9 Å². The molecule has 0 amide bonds. The zero-order valence-electron chi connectivity index (χ0n) is 10.2. The standard InChI is InChI=1S/C12H13FN2O4/c1-18-10-3-2-7(4-8(10)13)9-5-12(6-14,11(16)17)19-15-9/h2-4H,5-6,14H2,1H3,(H,16,17). The number of hydrogen-bond acceptors (Lipinski definition) is 5. The summed E-state index contributed by atoms with van der Waals surface area (Å²) in [5, 5.41) is 12.8. The largest absolute Gasteiger partial charge is 0.494 e. The Morgan fingerprint density at radius 3 is 2.89 bits per heavy atom. The minimum absolute atomic E-state index is 0.00932. The Morgan fingerprint density at radius 2 is 2.42 bits per heavy atom. The van der Waals surface area contributed by atoms with E-state index in [1.54, 1.807) is 6.07 Å². The predicted molar refractivity (Wildman–Crippen MR) is 64.6 cm³/mol. The number of methoxy groups -OCH3 is 1. The molecule has 0 spiro atoms. The van der Waals surface area contributed by atoms with Crippen molar-refractivity contribution in [2.75, 3.05) is 13.7 Å². The Labute approximate surface area is 108 Å². The van der Waals surface area contributed by atoms with Gasteiger partial charge in [0.2, 0.25) is 0 Å². The lowest BCUT2D eigenvalue weighted by atomic mass is 9.94. The molecule has 102 valence electrons. The molecule has 0 bridgehead atoms. The topological polar surface area (TPSA) is 94.1 Å². The van der Waals surface area contributed by atoms with E-state index < -0.39 is 17.4 Å². The number of carbonyl (C=O) groups is 1. The Kier molecular flexibility index (Phi) is 3.39. The highest BCUT2D eigenvalue weighted by molar-refractivity contribution is 6.04. The monoisotopic (exact) mass is 268 g/mol. The first-order chi connectivity index (χ1) is 9.02. The number of nitrogens with two attached hydrogens (primary N) is 1. The molecule has 0 aliphatic carbocycles. The van der Waals surface area contributed by atoms with Crippen LogP contribution in [0.2, 0.25) is 0 Å². The van der Waals surface area contributed by atoms with Crippen LogP contribution in [0.15, 0.2) is 23.4 Å². The third kappa shape index (κ3) is 2.24. The molecule has 0 fully saturated rings. The van der Waals surface area contributed by atoms with Crippen LogP contribution in [0.3, 0.4) is 0 Å². The third-order valence-corrected chi connectivity index (χ3v) is 2.99. The van der Waals surface area contributed by atoms with E-state index in [0.717, 1.165) is 0 Å². The number of aliphatic carboxylic acids is 1. The second-order valence-corrected chi connectivity index (χ2v) is 4.16. The summed E-state index contributed by atoms with van der Waals surface area (Å²) >= 11 is 0. The van der Waals surface area contributed by atoms with Crippen LogP contribution in [0, 0.1) is 5.82 Å². The molecule has 1 aromatic carbocycles. The van der Waals surface area contributed by atoms with Crippen molar-refractivity contribution in [3.63, 3.8) is 0 Å². The van der Waals surface area contributed by atoms with Crippen molar-refractivity contribution in [3.05, 3.63) is 29.6 Å². The molecular weight excluding hydrogens is 255 g/mol. The second kappa shape index (κ2) is 4.85. The van der Waals surface area contributed by atoms with Crippen LogP contribution in [-0.2, 0) is 9.63 Å². The van der Waals surface area contributed by atoms with Crippen LogP contribution >= 0.6 is 0 Å². The fourth-order valence-electron chi connectivity index (χ4n) is 1.79. The van der Waals surface area contributed by atoms with E-state index in [1.807, 2.05) is 0 Å². The minimum Gasteiger partial charge on any atom is -0.494 e. The smallest absolute Gasteiger partial charge is 0.352 e. The van der Waals surface area contributed by atoms with Crippen molar-refractivity contribution in [3.8, 4) is 5.75 Å². The predicted octanol–water partition coefficient (Wildman–Crippen LogP) is 0.741. The summed E-state index contributed by atoms with van der Waals surface area (Å²) in [5.74, 6) is -1.64. The van der Waals surface area contributed by atoms with Gasteiger partial charge in [0, 0.05) is 18.5 Å². The maximum atomic E-state index is 13.6. The fraction of sp³-hybridized carbons (Fsp3) is 0.333. The van der Waals surface area contributed by atoms with Gasteiger partial charge in [-0.25, -0.2) is 9.18 Å². The first-order valence-electron chi connectivity index (χ1n) is 5.55. The lowest BCUT2D eigenvalue weighted by molar-refractivity contribution is -0.161. The average Bonchev–Trinajstić information content (AvgIpc) is 2.84. The number of hydrogen-bond donors (Lipinski definition) is 2. The van der Waals surface area contributed by atoms with E-state index >= 15 is 0 Å². The molecule has 1 unspecified atom stereocenters. The van der Waals surface area contributed by atoms with Crippen LogP contribution in [-0.4, -0.2) is 36.0 Å². The molecule has 0 saturated carbocycles. The SMILES string of the molecule is COc1ccc(C2=NOC(CN)(C(=O)O)C2)cc1F. The molecular formula is C12H13FN2O4. The fourth-order valence-corrected chi connectivity index (χ4v) is 1.79. The number of benzene rings is 1. The van der Waals surface area contributed by atoms with Crippen LogP contribution in [0.4, 0.5) is 4.39 Å². The number of oxime groups is 1. The zero-order chi connectivity index (χ0) is 14.0. The number of carboxylic acid groups (broad SMARTS) is 1. The maximum Gasteiger partial charge on any atom is 0.352 e. The van der Waals surface area contributed by atoms with Crippen LogP contribution in [0.25, 0.3) is 0 Å². The molecule has 3 N–H and O–H groups in total. The number of nitrogens with zero attached hydrogens (tertiary/aromatic N) is 1. The van der Waals surface area contributed by atoms with Gasteiger partial charge in [-0.1, -0.05) is 5.16 Å². The van der Waals surface area contributed by atoms with Crippen LogP contribution in [0.5, 0.6) is 5.75 Å². The summed E-state index contributed by atoms with van der Waals surface area (Å²) < 4.78 is 18.4. The van der Waals surface area contributed by atoms with Gasteiger partial charge in [0.1, 0.15) is 0 Å². The molecule has 19 heavy (non-hydrogen) atoms. The van der Waals surface area contributed by atoms with Gasteiger partial charge in [0.25, 0.3) is 5.60 Å². The molecule has 1 aliphatic heterocycles. The lowest BCUT2D eigenvalue weighted by Gasteiger charge is -2.18. The quantitative estimate of drug-likeness (QED) is 0.840. The van der Waals surface area contributed by atoms with E-state index in [4.69, 9.17) is 20.4 Å². The molecule has 6 nitrogen and oxygen atoms in total. The first kappa shape index (κ1) is 13.3. The third-order valence-electron chi connectivity index (χ3n) is 2.99. The average molecular weight is 268 g/mol. The molecule has 2 rings (SSSR count). The molecule has 1 aliphatic rings. The van der Waals surface area contributed by atoms with Gasteiger partial charge in [-0.05, 0) is 18.2 Å². The van der Waals surface area contributed by atoms with Gasteiger partial charge >= 0.3 is 5.97 Å². The van der Waals surface area contributed by atoms with Gasteiger partial charge in [-0.15, -0.1) is 0 Å². The molecule has 1 aromatic rings. The van der Waals surface area contributed by atoms with Crippen molar-refractivity contribution in [2.45, 2.75) is 12.0 Å². The van der Waals surface area contributed by atoms with E-state index in [-0.39, 0.29) is 18.7 Å². The Morgan fingerprint density at radius 1 is 1.68 bits per heavy atom. The van der Waals surface area contributed by atoms with Gasteiger partial charge in [-0.2, -0.15) is 0 Å². The molecule has 1 heterocycles. The molecule has 0 radical (unpaired) electrons. The minimum atomic E-state index is -1.56. The highest BCUT2D eigenvalue weighted by Gasteiger charge is 2.46. The van der Waals surface area contributed by atoms with Crippen LogP contribution in [0.1, 0.15) is 12.0 Å². The number of carboxylic acids is 1. The summed E-state index contributed by atoms with van der Waals surface area (Å²) in [6.45, 7) is -0.214. The first-order valence-corrected chi connectivity index (χ1v) is 5.55.